The van der Waals surface area contributed by atoms with E-state index >= 15 is 0 Å². The Hall–Kier alpha value is -1.01. The van der Waals surface area contributed by atoms with E-state index in [1.54, 1.807) is 11.0 Å². The Morgan fingerprint density at radius 2 is 2.25 bits per heavy atom. The van der Waals surface area contributed by atoms with Crippen molar-refractivity contribution in [3.8, 4) is 0 Å². The summed E-state index contributed by atoms with van der Waals surface area (Å²) >= 11 is 7.64. The Morgan fingerprint density at radius 1 is 1.55 bits per heavy atom. The number of hydrogen-bond acceptors (Lipinski definition) is 4. The zero-order valence-corrected chi connectivity index (χ0v) is 13.8. The number of ether oxygens (including phenoxy) is 1. The Morgan fingerprint density at radius 3 is 2.80 bits per heavy atom. The monoisotopic (exact) mass is 357 g/mol. The van der Waals surface area contributed by atoms with Crippen molar-refractivity contribution in [2.75, 3.05) is 24.3 Å². The smallest absolute Gasteiger partial charge is 0.338 e. The van der Waals surface area contributed by atoms with E-state index in [9.17, 15) is 9.59 Å². The maximum atomic E-state index is 12.1. The molecule has 4 nitrogen and oxygen atoms in total. The van der Waals surface area contributed by atoms with Gasteiger partial charge in [0, 0.05) is 23.1 Å². The normalized spacial score (nSPS) is 18.5. The van der Waals surface area contributed by atoms with Crippen molar-refractivity contribution in [2.45, 2.75) is 13.3 Å². The molecule has 20 heavy (non-hydrogen) atoms. The molecule has 6 heteroatoms. The largest absolute Gasteiger partial charge is 0.465 e. The number of thiol groups is 1. The van der Waals surface area contributed by atoms with Crippen LogP contribution in [0.15, 0.2) is 16.6 Å². The molecule has 1 amide bonds. The zero-order valence-electron chi connectivity index (χ0n) is 11.4. The quantitative estimate of drug-likeness (QED) is 0.668. The maximum Gasteiger partial charge on any atom is 0.338 e. The number of rotatable bonds is 3. The van der Waals surface area contributed by atoms with E-state index in [0.29, 0.717) is 24.3 Å². The molecule has 1 unspecified atom stereocenters. The molecular formula is C14H16BrNO3S. The number of anilines is 1. The molecule has 0 aliphatic carbocycles. The van der Waals surface area contributed by atoms with Crippen LogP contribution in [0.2, 0.25) is 0 Å². The summed E-state index contributed by atoms with van der Waals surface area (Å²) in [7, 11) is 1.35. The van der Waals surface area contributed by atoms with E-state index in [1.807, 2.05) is 13.0 Å². The third kappa shape index (κ3) is 2.86. The molecule has 1 aliphatic heterocycles. The van der Waals surface area contributed by atoms with E-state index in [0.717, 1.165) is 15.7 Å². The summed E-state index contributed by atoms with van der Waals surface area (Å²) in [5, 5.41) is 0. The van der Waals surface area contributed by atoms with Crippen LogP contribution in [-0.4, -0.2) is 31.3 Å². The fourth-order valence-corrected chi connectivity index (χ4v) is 3.09. The van der Waals surface area contributed by atoms with Crippen LogP contribution in [0.4, 0.5) is 5.69 Å². The molecule has 0 spiro atoms. The number of carbonyl (C=O) groups excluding carboxylic acids is 2. The molecule has 1 fully saturated rings. The van der Waals surface area contributed by atoms with Crippen LogP contribution in [0.25, 0.3) is 0 Å². The minimum absolute atomic E-state index is 0.0704. The summed E-state index contributed by atoms with van der Waals surface area (Å²) < 4.78 is 5.53. The first-order valence-corrected chi connectivity index (χ1v) is 7.70. The molecule has 108 valence electrons. The van der Waals surface area contributed by atoms with Crippen molar-refractivity contribution in [3.05, 3.63) is 27.7 Å². The Bertz CT molecular complexity index is 562. The highest BCUT2D eigenvalue weighted by atomic mass is 79.9. The first-order chi connectivity index (χ1) is 9.47. The van der Waals surface area contributed by atoms with Crippen LogP contribution in [0.1, 0.15) is 22.3 Å². The summed E-state index contributed by atoms with van der Waals surface area (Å²) in [6, 6.07) is 3.57. The molecule has 1 heterocycles. The topological polar surface area (TPSA) is 46.6 Å². The highest BCUT2D eigenvalue weighted by Crippen LogP contribution is 2.33. The Kier molecular flexibility index (Phi) is 4.75. The predicted molar refractivity (Wildman–Crippen MR) is 84.5 cm³/mol. The number of methoxy groups -OCH3 is 1. The molecule has 1 aliphatic rings. The fourth-order valence-electron chi connectivity index (χ4n) is 2.40. The highest BCUT2D eigenvalue weighted by Gasteiger charge is 2.31. The van der Waals surface area contributed by atoms with Gasteiger partial charge in [0.15, 0.2) is 0 Å². The van der Waals surface area contributed by atoms with Gasteiger partial charge in [-0.15, -0.1) is 0 Å². The molecule has 2 rings (SSSR count). The molecule has 0 saturated carbocycles. The van der Waals surface area contributed by atoms with E-state index in [2.05, 4.69) is 28.6 Å². The average molecular weight is 358 g/mol. The van der Waals surface area contributed by atoms with Crippen LogP contribution >= 0.6 is 28.6 Å². The number of benzene rings is 1. The van der Waals surface area contributed by atoms with Gasteiger partial charge in [-0.25, -0.2) is 4.79 Å². The zero-order chi connectivity index (χ0) is 14.9. The lowest BCUT2D eigenvalue weighted by molar-refractivity contribution is -0.117. The van der Waals surface area contributed by atoms with Gasteiger partial charge in [0.25, 0.3) is 0 Å². The van der Waals surface area contributed by atoms with Gasteiger partial charge in [-0.3, -0.25) is 4.79 Å². The van der Waals surface area contributed by atoms with Crippen molar-refractivity contribution >= 4 is 46.1 Å². The van der Waals surface area contributed by atoms with Crippen molar-refractivity contribution in [3.63, 3.8) is 0 Å². The molecule has 0 radical (unpaired) electrons. The molecule has 0 aromatic heterocycles. The van der Waals surface area contributed by atoms with Crippen LogP contribution in [0.5, 0.6) is 0 Å². The van der Waals surface area contributed by atoms with Crippen LogP contribution in [-0.2, 0) is 9.53 Å². The molecule has 1 aromatic carbocycles. The van der Waals surface area contributed by atoms with Gasteiger partial charge in [-0.05, 0) is 36.3 Å². The number of halogens is 1. The minimum atomic E-state index is -0.401. The summed E-state index contributed by atoms with van der Waals surface area (Å²) in [5.74, 6) is 0.605. The molecule has 0 bridgehead atoms. The second-order valence-corrected chi connectivity index (χ2v) is 6.13. The lowest BCUT2D eigenvalue weighted by Crippen LogP contribution is -2.26. The average Bonchev–Trinajstić information content (AvgIpc) is 2.81. The third-order valence-corrected chi connectivity index (χ3v) is 4.48. The second kappa shape index (κ2) is 6.18. The number of esters is 1. The fraction of sp³-hybridized carbons (Fsp3) is 0.429. The van der Waals surface area contributed by atoms with Crippen molar-refractivity contribution < 1.29 is 14.3 Å². The van der Waals surface area contributed by atoms with Crippen molar-refractivity contribution in [1.29, 1.82) is 0 Å². The van der Waals surface area contributed by atoms with Gasteiger partial charge in [0.05, 0.1) is 12.7 Å². The molecule has 0 N–H and O–H groups in total. The summed E-state index contributed by atoms with van der Waals surface area (Å²) in [6.07, 6.45) is 0.503. The SMILES string of the molecule is COC(=O)c1cc(Br)cc(N2CC(CS)CC2=O)c1C. The highest BCUT2D eigenvalue weighted by molar-refractivity contribution is 9.10. The number of carbonyl (C=O) groups is 2. The number of nitrogens with zero attached hydrogens (tertiary/aromatic N) is 1. The van der Waals surface area contributed by atoms with Gasteiger partial charge in [-0.2, -0.15) is 12.6 Å². The first kappa shape index (κ1) is 15.4. The molecular weight excluding hydrogens is 342 g/mol. The number of amides is 1. The van der Waals surface area contributed by atoms with Gasteiger partial charge in [0.2, 0.25) is 5.91 Å². The third-order valence-electron chi connectivity index (χ3n) is 3.50. The first-order valence-electron chi connectivity index (χ1n) is 6.27. The van der Waals surface area contributed by atoms with Crippen LogP contribution in [0.3, 0.4) is 0 Å². The lowest BCUT2D eigenvalue weighted by Gasteiger charge is -2.21. The Balaban J connectivity index is 2.44. The van der Waals surface area contributed by atoms with Gasteiger partial charge in [-0.1, -0.05) is 15.9 Å². The molecule has 1 atom stereocenters. The molecule has 1 saturated heterocycles. The summed E-state index contributed by atoms with van der Waals surface area (Å²) in [5.41, 5.74) is 1.99. The van der Waals surface area contributed by atoms with E-state index in [-0.39, 0.29) is 11.8 Å². The van der Waals surface area contributed by atoms with Crippen molar-refractivity contribution in [2.24, 2.45) is 5.92 Å². The van der Waals surface area contributed by atoms with Gasteiger partial charge in [0.1, 0.15) is 0 Å². The van der Waals surface area contributed by atoms with Crippen LogP contribution < -0.4 is 4.90 Å². The lowest BCUT2D eigenvalue weighted by atomic mass is 10.1. The van der Waals surface area contributed by atoms with Crippen molar-refractivity contribution in [1.82, 2.24) is 0 Å². The van der Waals surface area contributed by atoms with Gasteiger partial charge < -0.3 is 9.64 Å². The van der Waals surface area contributed by atoms with Crippen LogP contribution in [0, 0.1) is 12.8 Å². The van der Waals surface area contributed by atoms with E-state index < -0.39 is 5.97 Å². The standard InChI is InChI=1S/C14H16BrNO3S/c1-8-11(14(18)19-2)4-10(15)5-12(8)16-6-9(7-20)3-13(16)17/h4-5,9,20H,3,6-7H2,1-2H3. The van der Waals surface area contributed by atoms with E-state index in [4.69, 9.17) is 4.74 Å². The summed E-state index contributed by atoms with van der Waals surface area (Å²) in [6.45, 7) is 2.47. The van der Waals surface area contributed by atoms with Gasteiger partial charge >= 0.3 is 5.97 Å². The molecule has 1 aromatic rings. The number of hydrogen-bond donors (Lipinski definition) is 1. The van der Waals surface area contributed by atoms with E-state index in [1.165, 1.54) is 7.11 Å². The Labute approximate surface area is 132 Å². The minimum Gasteiger partial charge on any atom is -0.465 e. The second-order valence-electron chi connectivity index (χ2n) is 4.85. The summed E-state index contributed by atoms with van der Waals surface area (Å²) in [4.78, 5) is 25.6. The maximum absolute atomic E-state index is 12.1. The predicted octanol–water partition coefficient (Wildman–Crippen LogP) is 2.83.